The molecule has 8 nitrogen and oxygen atoms in total. The van der Waals surface area contributed by atoms with Gasteiger partial charge in [0.05, 0.1) is 4.90 Å². The molecule has 2 N–H and O–H groups in total. The Labute approximate surface area is 165 Å². The summed E-state index contributed by atoms with van der Waals surface area (Å²) in [5.74, 6) is -0.155. The van der Waals surface area contributed by atoms with Crippen LogP contribution in [0.4, 0.5) is 0 Å². The molecule has 2 aliphatic rings. The Hall–Kier alpha value is -2.13. The van der Waals surface area contributed by atoms with Crippen molar-refractivity contribution < 1.29 is 22.7 Å². The van der Waals surface area contributed by atoms with Gasteiger partial charge in [0.1, 0.15) is 5.75 Å². The van der Waals surface area contributed by atoms with E-state index in [0.717, 1.165) is 12.8 Å². The third-order valence-corrected chi connectivity index (χ3v) is 7.35. The Morgan fingerprint density at radius 2 is 1.79 bits per heavy atom. The first-order chi connectivity index (χ1) is 13.3. The van der Waals surface area contributed by atoms with Crippen LogP contribution in [0, 0.1) is 12.8 Å². The summed E-state index contributed by atoms with van der Waals surface area (Å²) in [5, 5.41) is 0. The molecule has 1 aromatic carbocycles. The van der Waals surface area contributed by atoms with Crippen LogP contribution in [0.25, 0.3) is 0 Å². The van der Waals surface area contributed by atoms with Crippen molar-refractivity contribution >= 4 is 21.8 Å². The fourth-order valence-corrected chi connectivity index (χ4v) is 5.27. The molecule has 0 bridgehead atoms. The van der Waals surface area contributed by atoms with Gasteiger partial charge in [-0.3, -0.25) is 9.59 Å². The Bertz CT molecular complexity index is 841. The van der Waals surface area contributed by atoms with E-state index in [0.29, 0.717) is 50.3 Å². The molecule has 0 atom stereocenters. The summed E-state index contributed by atoms with van der Waals surface area (Å²) in [6, 6.07) is 4.72. The molecular weight excluding hydrogens is 382 g/mol. The van der Waals surface area contributed by atoms with Gasteiger partial charge >= 0.3 is 0 Å². The fourth-order valence-electron chi connectivity index (χ4n) is 3.67. The topological polar surface area (TPSA) is 110 Å². The highest BCUT2D eigenvalue weighted by atomic mass is 32.2. The number of likely N-dealkylation sites (tertiary alicyclic amines) is 1. The van der Waals surface area contributed by atoms with Crippen molar-refractivity contribution in [2.24, 2.45) is 11.7 Å². The maximum absolute atomic E-state index is 12.6. The third kappa shape index (κ3) is 4.47. The number of nitrogens with two attached hydrogens (primary N) is 1. The van der Waals surface area contributed by atoms with E-state index >= 15 is 0 Å². The highest BCUT2D eigenvalue weighted by Crippen LogP contribution is 2.26. The van der Waals surface area contributed by atoms with Crippen LogP contribution >= 0.6 is 0 Å². The number of carbonyl (C=O) groups is 2. The fraction of sp³-hybridized carbons (Fsp3) is 0.579. The van der Waals surface area contributed by atoms with E-state index in [9.17, 15) is 18.0 Å². The monoisotopic (exact) mass is 409 g/mol. The summed E-state index contributed by atoms with van der Waals surface area (Å²) in [7, 11) is -3.47. The third-order valence-electron chi connectivity index (χ3n) is 5.45. The molecule has 2 saturated heterocycles. The van der Waals surface area contributed by atoms with Gasteiger partial charge in [0.25, 0.3) is 5.91 Å². The second kappa shape index (κ2) is 8.48. The molecule has 2 aliphatic heterocycles. The molecule has 28 heavy (non-hydrogen) atoms. The van der Waals surface area contributed by atoms with Crippen molar-refractivity contribution in [1.29, 1.82) is 0 Å². The molecule has 2 heterocycles. The first-order valence-corrected chi connectivity index (χ1v) is 11.0. The molecule has 2 amide bonds. The minimum Gasteiger partial charge on any atom is -0.483 e. The van der Waals surface area contributed by atoms with E-state index in [1.165, 1.54) is 10.4 Å². The summed E-state index contributed by atoms with van der Waals surface area (Å²) in [4.78, 5) is 25.5. The average Bonchev–Trinajstić information content (AvgIpc) is 3.22. The van der Waals surface area contributed by atoms with Crippen LogP contribution in [0.3, 0.4) is 0 Å². The predicted molar refractivity (Wildman–Crippen MR) is 103 cm³/mol. The molecule has 0 aromatic heterocycles. The van der Waals surface area contributed by atoms with Crippen LogP contribution in [0.15, 0.2) is 23.1 Å². The smallest absolute Gasteiger partial charge is 0.260 e. The molecule has 1 aromatic rings. The molecule has 0 aliphatic carbocycles. The molecule has 154 valence electrons. The Balaban J connectivity index is 1.58. The lowest BCUT2D eigenvalue weighted by molar-refractivity contribution is -0.136. The molecule has 9 heteroatoms. The summed E-state index contributed by atoms with van der Waals surface area (Å²) < 4.78 is 32.4. The first-order valence-electron chi connectivity index (χ1n) is 9.60. The second-order valence-electron chi connectivity index (χ2n) is 7.38. The lowest BCUT2D eigenvalue weighted by Gasteiger charge is -2.30. The Morgan fingerprint density at radius 3 is 2.36 bits per heavy atom. The zero-order valence-electron chi connectivity index (χ0n) is 16.1. The maximum atomic E-state index is 12.6. The maximum Gasteiger partial charge on any atom is 0.260 e. The summed E-state index contributed by atoms with van der Waals surface area (Å²) in [5.41, 5.74) is 5.98. The SMILES string of the molecule is Cc1cc(S(=O)(=O)N2CCCC2)ccc1OCC(=O)N1CCC(C(N)=O)CC1. The molecule has 2 fully saturated rings. The van der Waals surface area contributed by atoms with Crippen LogP contribution in [-0.4, -0.2) is 62.2 Å². The zero-order chi connectivity index (χ0) is 20.3. The first kappa shape index (κ1) is 20.6. The van der Waals surface area contributed by atoms with Crippen molar-refractivity contribution in [2.45, 2.75) is 37.5 Å². The molecular formula is C19H27N3O5S. The van der Waals surface area contributed by atoms with E-state index in [1.807, 2.05) is 0 Å². The van der Waals surface area contributed by atoms with Gasteiger partial charge in [0.2, 0.25) is 15.9 Å². The second-order valence-corrected chi connectivity index (χ2v) is 9.32. The lowest BCUT2D eigenvalue weighted by atomic mass is 9.96. The highest BCUT2D eigenvalue weighted by molar-refractivity contribution is 7.89. The minimum absolute atomic E-state index is 0.125. The van der Waals surface area contributed by atoms with Crippen molar-refractivity contribution in [3.8, 4) is 5.75 Å². The van der Waals surface area contributed by atoms with Gasteiger partial charge in [0.15, 0.2) is 6.61 Å². The van der Waals surface area contributed by atoms with E-state index in [1.54, 1.807) is 24.0 Å². The Kier molecular flexibility index (Phi) is 6.24. The number of hydrogen-bond donors (Lipinski definition) is 1. The number of sulfonamides is 1. The predicted octanol–water partition coefficient (Wildman–Crippen LogP) is 0.882. The molecule has 0 unspecified atom stereocenters. The number of carbonyl (C=O) groups excluding carboxylic acids is 2. The number of rotatable bonds is 6. The number of amides is 2. The molecule has 0 spiro atoms. The highest BCUT2D eigenvalue weighted by Gasteiger charge is 2.28. The number of nitrogens with zero attached hydrogens (tertiary/aromatic N) is 2. The van der Waals surface area contributed by atoms with E-state index in [2.05, 4.69) is 0 Å². The van der Waals surface area contributed by atoms with Crippen molar-refractivity contribution in [3.63, 3.8) is 0 Å². The van der Waals surface area contributed by atoms with Gasteiger partial charge in [-0.1, -0.05) is 0 Å². The summed E-state index contributed by atoms with van der Waals surface area (Å²) >= 11 is 0. The van der Waals surface area contributed by atoms with Gasteiger partial charge in [-0.25, -0.2) is 8.42 Å². The van der Waals surface area contributed by atoms with Gasteiger partial charge in [-0.05, 0) is 56.4 Å². The minimum atomic E-state index is -3.47. The largest absolute Gasteiger partial charge is 0.483 e. The van der Waals surface area contributed by atoms with Gasteiger partial charge in [0, 0.05) is 32.1 Å². The lowest BCUT2D eigenvalue weighted by Crippen LogP contribution is -2.43. The van der Waals surface area contributed by atoms with Crippen LogP contribution in [0.5, 0.6) is 5.75 Å². The van der Waals surface area contributed by atoms with Crippen molar-refractivity contribution in [2.75, 3.05) is 32.8 Å². The number of ether oxygens (including phenoxy) is 1. The summed E-state index contributed by atoms with van der Waals surface area (Å²) in [6.07, 6.45) is 2.92. The molecule has 0 saturated carbocycles. The van der Waals surface area contributed by atoms with Gasteiger partial charge < -0.3 is 15.4 Å². The number of primary amides is 1. The van der Waals surface area contributed by atoms with Crippen LogP contribution in [0.1, 0.15) is 31.2 Å². The normalized spacial score (nSPS) is 19.0. The molecule has 0 radical (unpaired) electrons. The van der Waals surface area contributed by atoms with E-state index < -0.39 is 10.0 Å². The standard InChI is InChI=1S/C19H27N3O5S/c1-14-12-16(28(25,26)22-8-2-3-9-22)4-5-17(14)27-13-18(23)21-10-6-15(7-11-21)19(20)24/h4-5,12,15H,2-3,6-11,13H2,1H3,(H2,20,24). The van der Waals surface area contributed by atoms with Crippen molar-refractivity contribution in [1.82, 2.24) is 9.21 Å². The van der Waals surface area contributed by atoms with Crippen LogP contribution in [0.2, 0.25) is 0 Å². The van der Waals surface area contributed by atoms with E-state index in [-0.39, 0.29) is 29.2 Å². The number of piperidine rings is 1. The Morgan fingerprint density at radius 1 is 1.14 bits per heavy atom. The number of aryl methyl sites for hydroxylation is 1. The van der Waals surface area contributed by atoms with Crippen LogP contribution in [-0.2, 0) is 19.6 Å². The van der Waals surface area contributed by atoms with Gasteiger partial charge in [-0.15, -0.1) is 0 Å². The summed E-state index contributed by atoms with van der Waals surface area (Å²) in [6.45, 7) is 3.73. The zero-order valence-corrected chi connectivity index (χ0v) is 16.9. The van der Waals surface area contributed by atoms with Gasteiger partial charge in [-0.2, -0.15) is 4.31 Å². The number of hydrogen-bond acceptors (Lipinski definition) is 5. The number of benzene rings is 1. The average molecular weight is 410 g/mol. The van der Waals surface area contributed by atoms with E-state index in [4.69, 9.17) is 10.5 Å². The van der Waals surface area contributed by atoms with Crippen molar-refractivity contribution in [3.05, 3.63) is 23.8 Å². The van der Waals surface area contributed by atoms with Crippen LogP contribution < -0.4 is 10.5 Å². The molecule has 3 rings (SSSR count). The quantitative estimate of drug-likeness (QED) is 0.750.